The van der Waals surface area contributed by atoms with E-state index in [2.05, 4.69) is 5.32 Å². The maximum Gasteiger partial charge on any atom is 0.247 e. The minimum Gasteiger partial charge on any atom is -0.353 e. The molecule has 0 bridgehead atoms. The molecule has 1 aromatic carbocycles. The number of benzene rings is 1. The monoisotopic (exact) mass is 304 g/mol. The average Bonchev–Trinajstić information content (AvgIpc) is 2.47. The summed E-state index contributed by atoms with van der Waals surface area (Å²) in [4.78, 5) is 26.1. The molecule has 118 valence electrons. The second-order valence-electron chi connectivity index (χ2n) is 5.85. The fourth-order valence-electron chi connectivity index (χ4n) is 2.66. The number of hydrogen-bond acceptors (Lipinski definition) is 2. The number of carbonyl (C=O) groups is 2. The van der Waals surface area contributed by atoms with Crippen LogP contribution in [0.2, 0.25) is 0 Å². The molecule has 5 heteroatoms. The molecule has 0 aromatic heterocycles. The number of amides is 2. The van der Waals surface area contributed by atoms with E-state index in [1.807, 2.05) is 13.8 Å². The summed E-state index contributed by atoms with van der Waals surface area (Å²) in [5, 5.41) is 2.79. The van der Waals surface area contributed by atoms with E-state index in [9.17, 15) is 14.0 Å². The zero-order valence-electron chi connectivity index (χ0n) is 13.1. The second-order valence-corrected chi connectivity index (χ2v) is 5.85. The van der Waals surface area contributed by atoms with Gasteiger partial charge in [0.25, 0.3) is 0 Å². The number of nitrogens with one attached hydrogen (secondary N) is 1. The molecule has 1 N–H and O–H groups in total. The van der Waals surface area contributed by atoms with Crippen LogP contribution in [0.4, 0.5) is 4.39 Å². The molecular weight excluding hydrogens is 283 g/mol. The van der Waals surface area contributed by atoms with Crippen molar-refractivity contribution in [3.8, 4) is 0 Å². The number of piperazine rings is 1. The Balaban J connectivity index is 2.20. The van der Waals surface area contributed by atoms with Crippen molar-refractivity contribution in [1.82, 2.24) is 10.2 Å². The lowest BCUT2D eigenvalue weighted by molar-refractivity contribution is -0.141. The van der Waals surface area contributed by atoms with Crippen LogP contribution in [0.1, 0.15) is 26.3 Å². The van der Waals surface area contributed by atoms with Gasteiger partial charge in [0.1, 0.15) is 11.9 Å². The summed E-state index contributed by atoms with van der Waals surface area (Å²) >= 11 is 0. The van der Waals surface area contributed by atoms with Crippen molar-refractivity contribution in [2.75, 3.05) is 13.1 Å². The minimum atomic E-state index is -0.446. The van der Waals surface area contributed by atoms with E-state index in [4.69, 9.17) is 0 Å². The van der Waals surface area contributed by atoms with Gasteiger partial charge in [0.15, 0.2) is 0 Å². The fourth-order valence-corrected chi connectivity index (χ4v) is 2.66. The molecule has 0 aliphatic carbocycles. The largest absolute Gasteiger partial charge is 0.353 e. The highest BCUT2D eigenvalue weighted by atomic mass is 19.1. The van der Waals surface area contributed by atoms with Crippen molar-refractivity contribution < 1.29 is 14.0 Å². The fraction of sp³-hybridized carbons (Fsp3) is 0.412. The lowest BCUT2D eigenvalue weighted by Crippen LogP contribution is -2.58. The number of allylic oxidation sites excluding steroid dienone is 1. The molecule has 2 rings (SSSR count). The van der Waals surface area contributed by atoms with Gasteiger partial charge in [0.05, 0.1) is 0 Å². The molecule has 2 amide bonds. The molecule has 1 saturated heterocycles. The zero-order chi connectivity index (χ0) is 16.3. The predicted octanol–water partition coefficient (Wildman–Crippen LogP) is 2.21. The summed E-state index contributed by atoms with van der Waals surface area (Å²) in [5.41, 5.74) is 1.54. The highest BCUT2D eigenvalue weighted by molar-refractivity contribution is 5.98. The highest BCUT2D eigenvalue weighted by Gasteiger charge is 2.34. The molecule has 0 radical (unpaired) electrons. The van der Waals surface area contributed by atoms with Crippen LogP contribution in [0, 0.1) is 11.7 Å². The lowest BCUT2D eigenvalue weighted by Gasteiger charge is -2.36. The van der Waals surface area contributed by atoms with Gasteiger partial charge in [-0.15, -0.1) is 0 Å². The Kier molecular flexibility index (Phi) is 4.96. The number of halogens is 1. The van der Waals surface area contributed by atoms with E-state index in [1.54, 1.807) is 24.0 Å². The Morgan fingerprint density at radius 2 is 2.00 bits per heavy atom. The first kappa shape index (κ1) is 16.2. The van der Waals surface area contributed by atoms with E-state index in [0.717, 1.165) is 11.1 Å². The van der Waals surface area contributed by atoms with Crippen LogP contribution in [0.5, 0.6) is 0 Å². The third-order valence-corrected chi connectivity index (χ3v) is 3.81. The van der Waals surface area contributed by atoms with Crippen molar-refractivity contribution in [2.45, 2.75) is 26.8 Å². The molecular formula is C17H21FN2O2. The summed E-state index contributed by atoms with van der Waals surface area (Å²) in [6.07, 6.45) is 1.52. The predicted molar refractivity (Wildman–Crippen MR) is 83.4 cm³/mol. The van der Waals surface area contributed by atoms with Crippen LogP contribution in [-0.2, 0) is 9.59 Å². The molecule has 1 fully saturated rings. The Labute approximate surface area is 130 Å². The average molecular weight is 304 g/mol. The first-order chi connectivity index (χ1) is 10.4. The van der Waals surface area contributed by atoms with Gasteiger partial charge in [-0.3, -0.25) is 9.59 Å². The molecule has 1 aliphatic rings. The Bertz CT molecular complexity index is 593. The third kappa shape index (κ3) is 3.53. The van der Waals surface area contributed by atoms with Crippen LogP contribution in [0.25, 0.3) is 5.57 Å². The maximum atomic E-state index is 12.9. The van der Waals surface area contributed by atoms with Crippen LogP contribution >= 0.6 is 0 Å². The molecule has 1 atom stereocenters. The van der Waals surface area contributed by atoms with E-state index < -0.39 is 6.04 Å². The molecule has 1 heterocycles. The van der Waals surface area contributed by atoms with Gasteiger partial charge in [-0.05, 0) is 36.1 Å². The third-order valence-electron chi connectivity index (χ3n) is 3.81. The van der Waals surface area contributed by atoms with Crippen LogP contribution < -0.4 is 5.32 Å². The molecule has 0 spiro atoms. The van der Waals surface area contributed by atoms with Crippen molar-refractivity contribution in [3.63, 3.8) is 0 Å². The normalized spacial score (nSPS) is 19.3. The van der Waals surface area contributed by atoms with Gasteiger partial charge in [0.2, 0.25) is 11.8 Å². The van der Waals surface area contributed by atoms with E-state index in [-0.39, 0.29) is 23.5 Å². The summed E-state index contributed by atoms with van der Waals surface area (Å²) < 4.78 is 12.9. The van der Waals surface area contributed by atoms with Crippen molar-refractivity contribution in [2.24, 2.45) is 5.92 Å². The second kappa shape index (κ2) is 6.73. The molecule has 0 saturated carbocycles. The number of nitrogens with zero attached hydrogens (tertiary/aromatic N) is 1. The molecule has 4 nitrogen and oxygen atoms in total. The molecule has 1 aliphatic heterocycles. The summed E-state index contributed by atoms with van der Waals surface area (Å²) in [7, 11) is 0. The number of carbonyl (C=O) groups excluding carboxylic acids is 2. The van der Waals surface area contributed by atoms with E-state index >= 15 is 0 Å². The Morgan fingerprint density at radius 1 is 1.36 bits per heavy atom. The van der Waals surface area contributed by atoms with Gasteiger partial charge in [-0.1, -0.05) is 26.0 Å². The van der Waals surface area contributed by atoms with Crippen molar-refractivity contribution in [1.29, 1.82) is 0 Å². The minimum absolute atomic E-state index is 0.0452. The quantitative estimate of drug-likeness (QED) is 0.871. The summed E-state index contributed by atoms with van der Waals surface area (Å²) in [6.45, 7) is 6.62. The SMILES string of the molecule is C/C(=C/C(=O)N1CCNC(=O)C1C(C)C)c1ccc(F)cc1. The first-order valence-electron chi connectivity index (χ1n) is 7.42. The van der Waals surface area contributed by atoms with Gasteiger partial charge in [0, 0.05) is 19.2 Å². The number of rotatable bonds is 3. The standard InChI is InChI=1S/C17H21FN2O2/c1-11(2)16-17(22)19-8-9-20(16)15(21)10-12(3)13-4-6-14(18)7-5-13/h4-7,10-11,16H,8-9H2,1-3H3,(H,19,22)/b12-10-. The first-order valence-corrected chi connectivity index (χ1v) is 7.42. The molecule has 22 heavy (non-hydrogen) atoms. The van der Waals surface area contributed by atoms with Crippen LogP contribution in [0.15, 0.2) is 30.3 Å². The Morgan fingerprint density at radius 3 is 2.59 bits per heavy atom. The molecule has 1 aromatic rings. The highest BCUT2D eigenvalue weighted by Crippen LogP contribution is 2.18. The van der Waals surface area contributed by atoms with Gasteiger partial charge in [-0.25, -0.2) is 4.39 Å². The van der Waals surface area contributed by atoms with Crippen LogP contribution in [-0.4, -0.2) is 35.8 Å². The van der Waals surface area contributed by atoms with Crippen LogP contribution in [0.3, 0.4) is 0 Å². The smallest absolute Gasteiger partial charge is 0.247 e. The summed E-state index contributed by atoms with van der Waals surface area (Å²) in [6, 6.07) is 5.55. The topological polar surface area (TPSA) is 49.4 Å². The number of hydrogen-bond donors (Lipinski definition) is 1. The Hall–Kier alpha value is -2.17. The van der Waals surface area contributed by atoms with E-state index in [1.165, 1.54) is 18.2 Å². The summed E-state index contributed by atoms with van der Waals surface area (Å²) in [5.74, 6) is -0.558. The maximum absolute atomic E-state index is 12.9. The van der Waals surface area contributed by atoms with Crippen molar-refractivity contribution >= 4 is 17.4 Å². The lowest BCUT2D eigenvalue weighted by atomic mass is 9.99. The van der Waals surface area contributed by atoms with Crippen molar-refractivity contribution in [3.05, 3.63) is 41.7 Å². The van der Waals surface area contributed by atoms with Gasteiger partial charge < -0.3 is 10.2 Å². The molecule has 1 unspecified atom stereocenters. The van der Waals surface area contributed by atoms with Gasteiger partial charge in [-0.2, -0.15) is 0 Å². The zero-order valence-corrected chi connectivity index (χ0v) is 13.1. The van der Waals surface area contributed by atoms with Gasteiger partial charge >= 0.3 is 0 Å². The van der Waals surface area contributed by atoms with E-state index in [0.29, 0.717) is 13.1 Å².